The van der Waals surface area contributed by atoms with Gasteiger partial charge < -0.3 is 9.73 Å². The van der Waals surface area contributed by atoms with Gasteiger partial charge >= 0.3 is 0 Å². The second-order valence-electron chi connectivity index (χ2n) is 6.66. The predicted octanol–water partition coefficient (Wildman–Crippen LogP) is 6.51. The van der Waals surface area contributed by atoms with Crippen LogP contribution in [0.15, 0.2) is 89.6 Å². The van der Waals surface area contributed by atoms with Crippen LogP contribution in [0.3, 0.4) is 0 Å². The van der Waals surface area contributed by atoms with Crippen LogP contribution in [0, 0.1) is 0 Å². The Balaban J connectivity index is 1.47. The molecule has 0 fully saturated rings. The van der Waals surface area contributed by atoms with E-state index in [1.165, 1.54) is 0 Å². The molecule has 29 heavy (non-hydrogen) atoms. The minimum Gasteiger partial charge on any atom is -0.456 e. The highest BCUT2D eigenvalue weighted by Gasteiger charge is 2.24. The average Bonchev–Trinajstić information content (AvgIpc) is 3.37. The van der Waals surface area contributed by atoms with Crippen LogP contribution in [0.25, 0.3) is 33.4 Å². The fraction of sp³-hybridized carbons (Fsp3) is 0. The molecule has 2 bridgehead atoms. The van der Waals surface area contributed by atoms with Crippen molar-refractivity contribution in [3.63, 3.8) is 0 Å². The van der Waals surface area contributed by atoms with Crippen molar-refractivity contribution in [2.75, 3.05) is 5.32 Å². The number of halogens is 1. The van der Waals surface area contributed by atoms with Crippen LogP contribution in [-0.4, -0.2) is 10.9 Å². The lowest BCUT2D eigenvalue weighted by atomic mass is 10.00. The average molecular weight is 399 g/mol. The highest BCUT2D eigenvalue weighted by atomic mass is 35.5. The SMILES string of the molecule is O=C(Nc1ccc(-c2ccccc2)c(Cl)c1)c1c(-c2ccncc2)c2ccc1o2. The van der Waals surface area contributed by atoms with Gasteiger partial charge in [0.05, 0.1) is 10.6 Å². The topological polar surface area (TPSA) is 55.1 Å². The first kappa shape index (κ1) is 17.5. The molecule has 4 nitrogen and oxygen atoms in total. The molecule has 0 aliphatic heterocycles. The maximum atomic E-state index is 13.1. The van der Waals surface area contributed by atoms with E-state index < -0.39 is 0 Å². The fourth-order valence-electron chi connectivity index (χ4n) is 3.52. The maximum Gasteiger partial charge on any atom is 0.260 e. The van der Waals surface area contributed by atoms with Gasteiger partial charge in [-0.05, 0) is 47.5 Å². The third kappa shape index (κ3) is 3.13. The normalized spacial score (nSPS) is 11.1. The summed E-state index contributed by atoms with van der Waals surface area (Å²) in [7, 11) is 0. The Hall–Kier alpha value is -3.63. The van der Waals surface area contributed by atoms with E-state index in [0.29, 0.717) is 27.4 Å². The summed E-state index contributed by atoms with van der Waals surface area (Å²) >= 11 is 6.48. The van der Waals surface area contributed by atoms with E-state index in [0.717, 1.165) is 22.3 Å². The molecule has 0 atom stereocenters. The van der Waals surface area contributed by atoms with Gasteiger partial charge in [-0.15, -0.1) is 0 Å². The van der Waals surface area contributed by atoms with Crippen molar-refractivity contribution in [2.45, 2.75) is 0 Å². The summed E-state index contributed by atoms with van der Waals surface area (Å²) in [6, 6.07) is 22.8. The van der Waals surface area contributed by atoms with Gasteiger partial charge in [0, 0.05) is 29.2 Å². The molecule has 1 amide bonds. The lowest BCUT2D eigenvalue weighted by Gasteiger charge is -2.10. The minimum atomic E-state index is -0.241. The molecule has 0 radical (unpaired) electrons. The van der Waals surface area contributed by atoms with E-state index in [-0.39, 0.29) is 5.91 Å². The summed E-state index contributed by atoms with van der Waals surface area (Å²) < 4.78 is 5.75. The third-order valence-electron chi connectivity index (χ3n) is 4.86. The molecule has 0 saturated carbocycles. The molecule has 0 saturated heterocycles. The summed E-state index contributed by atoms with van der Waals surface area (Å²) in [6.45, 7) is 0. The van der Waals surface area contributed by atoms with Crippen molar-refractivity contribution < 1.29 is 9.21 Å². The van der Waals surface area contributed by atoms with Crippen LogP contribution in [0.1, 0.15) is 10.4 Å². The van der Waals surface area contributed by atoms with Crippen molar-refractivity contribution in [1.82, 2.24) is 4.98 Å². The molecule has 3 heterocycles. The van der Waals surface area contributed by atoms with Gasteiger partial charge in [0.15, 0.2) is 0 Å². The molecule has 0 unspecified atom stereocenters. The second-order valence-corrected chi connectivity index (χ2v) is 7.07. The summed E-state index contributed by atoms with van der Waals surface area (Å²) in [4.78, 5) is 17.1. The number of aromatic nitrogens is 1. The van der Waals surface area contributed by atoms with Gasteiger partial charge in [0.2, 0.25) is 0 Å². The number of nitrogens with zero attached hydrogens (tertiary/aromatic N) is 1. The first-order valence-electron chi connectivity index (χ1n) is 9.12. The molecular formula is C24H15ClN2O2. The molecule has 1 N–H and O–H groups in total. The largest absolute Gasteiger partial charge is 0.456 e. The van der Waals surface area contributed by atoms with Crippen LogP contribution >= 0.6 is 11.6 Å². The van der Waals surface area contributed by atoms with E-state index >= 15 is 0 Å². The van der Waals surface area contributed by atoms with Gasteiger partial charge in [-0.25, -0.2) is 0 Å². The van der Waals surface area contributed by atoms with Gasteiger partial charge in [-0.2, -0.15) is 0 Å². The van der Waals surface area contributed by atoms with Gasteiger partial charge in [-0.3, -0.25) is 9.78 Å². The highest BCUT2D eigenvalue weighted by Crippen LogP contribution is 2.37. The Morgan fingerprint density at radius 3 is 2.38 bits per heavy atom. The first-order valence-corrected chi connectivity index (χ1v) is 9.50. The summed E-state index contributed by atoms with van der Waals surface area (Å²) in [5.41, 5.74) is 5.96. The molecular weight excluding hydrogens is 384 g/mol. The number of amides is 1. The zero-order valence-electron chi connectivity index (χ0n) is 15.2. The number of carbonyl (C=O) groups excluding carboxylic acids is 1. The molecule has 0 spiro atoms. The zero-order valence-corrected chi connectivity index (χ0v) is 16.0. The molecule has 3 aromatic heterocycles. The van der Waals surface area contributed by atoms with Crippen LogP contribution < -0.4 is 5.32 Å². The number of fused-ring (bicyclic) bond motifs is 2. The smallest absolute Gasteiger partial charge is 0.260 e. The van der Waals surface area contributed by atoms with Gasteiger partial charge in [0.1, 0.15) is 11.2 Å². The number of pyridine rings is 1. The molecule has 0 aliphatic carbocycles. The number of carbonyl (C=O) groups is 1. The first-order chi connectivity index (χ1) is 14.2. The van der Waals surface area contributed by atoms with Crippen LogP contribution in [0.5, 0.6) is 0 Å². The maximum absolute atomic E-state index is 13.1. The lowest BCUT2D eigenvalue weighted by Crippen LogP contribution is -2.12. The van der Waals surface area contributed by atoms with Crippen LogP contribution in [0.2, 0.25) is 5.02 Å². The number of benzene rings is 3. The Kier molecular flexibility index (Phi) is 4.26. The summed E-state index contributed by atoms with van der Waals surface area (Å²) in [6.07, 6.45) is 3.39. The zero-order chi connectivity index (χ0) is 19.8. The molecule has 2 aromatic carbocycles. The molecule has 140 valence electrons. The minimum absolute atomic E-state index is 0.241. The Labute approximate surface area is 172 Å². The number of hydrogen-bond donors (Lipinski definition) is 1. The lowest BCUT2D eigenvalue weighted by molar-refractivity contribution is 0.102. The van der Waals surface area contributed by atoms with Crippen molar-refractivity contribution in [3.8, 4) is 22.3 Å². The van der Waals surface area contributed by atoms with E-state index in [1.54, 1.807) is 24.5 Å². The Bertz CT molecular complexity index is 1300. The van der Waals surface area contributed by atoms with E-state index in [9.17, 15) is 4.79 Å². The molecule has 5 heteroatoms. The summed E-state index contributed by atoms with van der Waals surface area (Å²) in [5.74, 6) is -0.241. The van der Waals surface area contributed by atoms with E-state index in [2.05, 4.69) is 10.3 Å². The van der Waals surface area contributed by atoms with Gasteiger partial charge in [-0.1, -0.05) is 48.0 Å². The number of hydrogen-bond acceptors (Lipinski definition) is 3. The van der Waals surface area contributed by atoms with Crippen molar-refractivity contribution >= 4 is 34.4 Å². The quantitative estimate of drug-likeness (QED) is 0.375. The van der Waals surface area contributed by atoms with Crippen LogP contribution in [0.4, 0.5) is 5.69 Å². The monoisotopic (exact) mass is 398 g/mol. The Morgan fingerprint density at radius 1 is 0.862 bits per heavy atom. The fourth-order valence-corrected chi connectivity index (χ4v) is 3.81. The number of furan rings is 2. The highest BCUT2D eigenvalue weighted by molar-refractivity contribution is 6.33. The number of anilines is 1. The van der Waals surface area contributed by atoms with Crippen molar-refractivity contribution in [1.29, 1.82) is 0 Å². The number of nitrogens with one attached hydrogen (secondary N) is 1. The Morgan fingerprint density at radius 2 is 1.62 bits per heavy atom. The number of rotatable bonds is 4. The van der Waals surface area contributed by atoms with Crippen molar-refractivity contribution in [2.24, 2.45) is 0 Å². The van der Waals surface area contributed by atoms with Gasteiger partial charge in [0.25, 0.3) is 5.91 Å². The van der Waals surface area contributed by atoms with Crippen LogP contribution in [-0.2, 0) is 0 Å². The standard InChI is InChI=1S/C24H15ClN2O2/c25-19-14-17(6-7-18(19)15-4-2-1-3-5-15)27-24(28)23-21-9-8-20(29-21)22(23)16-10-12-26-13-11-16/h1-14H,(H,27,28). The molecule has 5 rings (SSSR count). The third-order valence-corrected chi connectivity index (χ3v) is 5.17. The van der Waals surface area contributed by atoms with Crippen molar-refractivity contribution in [3.05, 3.63) is 95.8 Å². The van der Waals surface area contributed by atoms with E-state index in [4.69, 9.17) is 16.0 Å². The summed E-state index contributed by atoms with van der Waals surface area (Å²) in [5, 5.41) is 3.52. The predicted molar refractivity (Wildman–Crippen MR) is 115 cm³/mol. The second kappa shape index (κ2) is 7.08. The molecule has 5 aromatic rings. The molecule has 0 aliphatic rings. The van der Waals surface area contributed by atoms with E-state index in [1.807, 2.05) is 60.7 Å².